The largest absolute Gasteiger partial charge is 0.573 e. The van der Waals surface area contributed by atoms with E-state index in [1.165, 1.54) is 25.1 Å². The Labute approximate surface area is 97.4 Å². The van der Waals surface area contributed by atoms with E-state index in [4.69, 9.17) is 0 Å². The van der Waals surface area contributed by atoms with Gasteiger partial charge in [0.15, 0.2) is 0 Å². The maximum absolute atomic E-state index is 12.0. The molecule has 0 spiro atoms. The van der Waals surface area contributed by atoms with Gasteiger partial charge in [0.2, 0.25) is 0 Å². The second kappa shape index (κ2) is 5.21. The number of hydrogen-bond donors (Lipinski definition) is 0. The third-order valence-electron chi connectivity index (χ3n) is 2.25. The van der Waals surface area contributed by atoms with Gasteiger partial charge in [0.1, 0.15) is 11.5 Å². The third-order valence-corrected chi connectivity index (χ3v) is 2.25. The van der Waals surface area contributed by atoms with E-state index in [0.29, 0.717) is 12.0 Å². The molecule has 5 heteroatoms. The maximum Gasteiger partial charge on any atom is 0.573 e. The van der Waals surface area contributed by atoms with Gasteiger partial charge in [-0.1, -0.05) is 19.1 Å². The van der Waals surface area contributed by atoms with E-state index in [9.17, 15) is 18.0 Å². The van der Waals surface area contributed by atoms with Crippen LogP contribution >= 0.6 is 0 Å². The molecule has 1 atom stereocenters. The number of ketones is 1. The van der Waals surface area contributed by atoms with Gasteiger partial charge in [-0.2, -0.15) is 0 Å². The van der Waals surface area contributed by atoms with Crippen LogP contribution in [0.15, 0.2) is 24.3 Å². The van der Waals surface area contributed by atoms with Gasteiger partial charge >= 0.3 is 6.36 Å². The number of ether oxygens (including phenoxy) is 1. The van der Waals surface area contributed by atoms with Crippen LogP contribution in [0.3, 0.4) is 0 Å². The predicted octanol–water partition coefficient (Wildman–Crippen LogP) is 3.67. The monoisotopic (exact) mass is 246 g/mol. The molecule has 0 aliphatic rings. The van der Waals surface area contributed by atoms with Crippen LogP contribution in [0.5, 0.6) is 5.75 Å². The summed E-state index contributed by atoms with van der Waals surface area (Å²) in [6.07, 6.45) is -4.39. The first kappa shape index (κ1) is 13.5. The average Bonchev–Trinajstić information content (AvgIpc) is 2.14. The first-order valence-corrected chi connectivity index (χ1v) is 5.13. The highest BCUT2D eigenvalue weighted by molar-refractivity contribution is 5.76. The SMILES string of the molecule is CC(=O)CC(C)c1cccc(OC(F)(F)F)c1. The Bertz CT molecular complexity index is 399. The first-order valence-electron chi connectivity index (χ1n) is 5.13. The van der Waals surface area contributed by atoms with E-state index < -0.39 is 6.36 Å². The van der Waals surface area contributed by atoms with Crippen LogP contribution in [0.1, 0.15) is 31.7 Å². The molecule has 0 heterocycles. The Morgan fingerprint density at radius 1 is 1.41 bits per heavy atom. The zero-order chi connectivity index (χ0) is 13.1. The highest BCUT2D eigenvalue weighted by Gasteiger charge is 2.31. The molecule has 0 saturated heterocycles. The molecule has 1 aromatic rings. The number of alkyl halides is 3. The first-order chi connectivity index (χ1) is 7.78. The summed E-state index contributed by atoms with van der Waals surface area (Å²) in [5, 5.41) is 0. The van der Waals surface area contributed by atoms with Crippen LogP contribution in [0, 0.1) is 0 Å². The molecule has 0 aliphatic carbocycles. The molecule has 94 valence electrons. The minimum absolute atomic E-state index is 0.000331. The van der Waals surface area contributed by atoms with Crippen molar-refractivity contribution in [2.75, 3.05) is 0 Å². The molecular weight excluding hydrogens is 233 g/mol. The summed E-state index contributed by atoms with van der Waals surface area (Å²) in [4.78, 5) is 10.9. The lowest BCUT2D eigenvalue weighted by atomic mass is 9.96. The Hall–Kier alpha value is -1.52. The lowest BCUT2D eigenvalue weighted by molar-refractivity contribution is -0.274. The minimum atomic E-state index is -4.69. The fraction of sp³-hybridized carbons (Fsp3) is 0.417. The van der Waals surface area contributed by atoms with E-state index in [2.05, 4.69) is 4.74 Å². The van der Waals surface area contributed by atoms with Crippen LogP contribution in [-0.4, -0.2) is 12.1 Å². The molecule has 0 radical (unpaired) electrons. The molecule has 1 rings (SSSR count). The lowest BCUT2D eigenvalue weighted by Gasteiger charge is -2.13. The van der Waals surface area contributed by atoms with E-state index in [-0.39, 0.29) is 17.5 Å². The van der Waals surface area contributed by atoms with Crippen LogP contribution in [0.4, 0.5) is 13.2 Å². The standard InChI is InChI=1S/C12H13F3O2/c1-8(6-9(2)16)10-4-3-5-11(7-10)17-12(13,14)15/h3-5,7-8H,6H2,1-2H3. The number of hydrogen-bond acceptors (Lipinski definition) is 2. The summed E-state index contributed by atoms with van der Waals surface area (Å²) in [5.41, 5.74) is 0.655. The number of benzene rings is 1. The fourth-order valence-corrected chi connectivity index (χ4v) is 1.57. The zero-order valence-electron chi connectivity index (χ0n) is 9.54. The zero-order valence-corrected chi connectivity index (χ0v) is 9.54. The van der Waals surface area contributed by atoms with Gasteiger partial charge in [-0.3, -0.25) is 0 Å². The molecule has 0 N–H and O–H groups in total. The van der Waals surface area contributed by atoms with Crippen molar-refractivity contribution in [1.82, 2.24) is 0 Å². The lowest BCUT2D eigenvalue weighted by Crippen LogP contribution is -2.17. The smallest absolute Gasteiger partial charge is 0.406 e. The summed E-state index contributed by atoms with van der Waals surface area (Å²) in [7, 11) is 0. The van der Waals surface area contributed by atoms with Crippen molar-refractivity contribution in [3.63, 3.8) is 0 Å². The van der Waals surface area contributed by atoms with Crippen LogP contribution in [0.2, 0.25) is 0 Å². The van der Waals surface area contributed by atoms with Gasteiger partial charge in [0.25, 0.3) is 0 Å². The summed E-state index contributed by atoms with van der Waals surface area (Å²) in [6.45, 7) is 3.24. The molecule has 0 fully saturated rings. The second-order valence-electron chi connectivity index (χ2n) is 3.93. The van der Waals surface area contributed by atoms with Crippen molar-refractivity contribution in [3.05, 3.63) is 29.8 Å². The Kier molecular flexibility index (Phi) is 4.15. The molecule has 0 saturated carbocycles. The van der Waals surface area contributed by atoms with Gasteiger partial charge in [0.05, 0.1) is 0 Å². The van der Waals surface area contributed by atoms with Crippen molar-refractivity contribution in [2.24, 2.45) is 0 Å². The normalized spacial score (nSPS) is 13.2. The highest BCUT2D eigenvalue weighted by Crippen LogP contribution is 2.27. The molecule has 1 aromatic carbocycles. The van der Waals surface area contributed by atoms with Crippen LogP contribution in [-0.2, 0) is 4.79 Å². The molecular formula is C12H13F3O2. The quantitative estimate of drug-likeness (QED) is 0.810. The van der Waals surface area contributed by atoms with Gasteiger partial charge < -0.3 is 9.53 Å². The Balaban J connectivity index is 2.82. The number of carbonyl (C=O) groups excluding carboxylic acids is 1. The number of halogens is 3. The molecule has 17 heavy (non-hydrogen) atoms. The Morgan fingerprint density at radius 2 is 2.06 bits per heavy atom. The topological polar surface area (TPSA) is 26.3 Å². The van der Waals surface area contributed by atoms with Crippen molar-refractivity contribution >= 4 is 5.78 Å². The van der Waals surface area contributed by atoms with Gasteiger partial charge in [-0.25, -0.2) is 0 Å². The molecule has 2 nitrogen and oxygen atoms in total. The van der Waals surface area contributed by atoms with E-state index in [1.54, 1.807) is 13.0 Å². The fourth-order valence-electron chi connectivity index (χ4n) is 1.57. The summed E-state index contributed by atoms with van der Waals surface area (Å²) in [5.74, 6) is -0.380. The second-order valence-corrected chi connectivity index (χ2v) is 3.93. The number of rotatable bonds is 4. The van der Waals surface area contributed by atoms with Crippen molar-refractivity contribution in [3.8, 4) is 5.75 Å². The van der Waals surface area contributed by atoms with E-state index >= 15 is 0 Å². The predicted molar refractivity (Wildman–Crippen MR) is 56.8 cm³/mol. The van der Waals surface area contributed by atoms with Crippen LogP contribution in [0.25, 0.3) is 0 Å². The van der Waals surface area contributed by atoms with Gasteiger partial charge in [0, 0.05) is 6.42 Å². The minimum Gasteiger partial charge on any atom is -0.406 e. The summed E-state index contributed by atoms with van der Waals surface area (Å²) >= 11 is 0. The number of carbonyl (C=O) groups is 1. The third kappa shape index (κ3) is 4.89. The summed E-state index contributed by atoms with van der Waals surface area (Å²) in [6, 6.07) is 5.70. The Morgan fingerprint density at radius 3 is 2.59 bits per heavy atom. The molecule has 0 bridgehead atoms. The van der Waals surface area contributed by atoms with E-state index in [0.717, 1.165) is 0 Å². The molecule has 0 aliphatic heterocycles. The molecule has 1 unspecified atom stereocenters. The molecule has 0 amide bonds. The van der Waals surface area contributed by atoms with Crippen LogP contribution < -0.4 is 4.74 Å². The van der Waals surface area contributed by atoms with Crippen molar-refractivity contribution < 1.29 is 22.7 Å². The number of Topliss-reactive ketones (excluding diaryl/α,β-unsaturated/α-hetero) is 1. The van der Waals surface area contributed by atoms with Gasteiger partial charge in [-0.15, -0.1) is 13.2 Å². The van der Waals surface area contributed by atoms with E-state index in [1.807, 2.05) is 0 Å². The molecule has 0 aromatic heterocycles. The average molecular weight is 246 g/mol. The van der Waals surface area contributed by atoms with Crippen molar-refractivity contribution in [1.29, 1.82) is 0 Å². The summed E-state index contributed by atoms with van der Waals surface area (Å²) < 4.78 is 39.8. The van der Waals surface area contributed by atoms with Gasteiger partial charge in [-0.05, 0) is 30.5 Å². The maximum atomic E-state index is 12.0. The van der Waals surface area contributed by atoms with Crippen molar-refractivity contribution in [2.45, 2.75) is 32.5 Å². The highest BCUT2D eigenvalue weighted by atomic mass is 19.4.